The summed E-state index contributed by atoms with van der Waals surface area (Å²) < 4.78 is 5.39. The maximum absolute atomic E-state index is 13.1. The lowest BCUT2D eigenvalue weighted by atomic mass is 9.51. The van der Waals surface area contributed by atoms with Crippen molar-refractivity contribution in [1.82, 2.24) is 15.2 Å². The SMILES string of the molecule is C[C@@H]1[C@@H]2[C@@H](O)[C@@H]([C@H](C)C(=O)N3CCOCC3)CC[C@]2(C)CC[C@@H]1NC(=O)c1ccccn1. The van der Waals surface area contributed by atoms with Gasteiger partial charge in [-0.05, 0) is 61.0 Å². The van der Waals surface area contributed by atoms with Crippen molar-refractivity contribution in [2.75, 3.05) is 26.3 Å². The summed E-state index contributed by atoms with van der Waals surface area (Å²) >= 11 is 0. The number of fused-ring (bicyclic) bond motifs is 1. The van der Waals surface area contributed by atoms with Crippen LogP contribution in [-0.4, -0.2) is 65.3 Å². The minimum atomic E-state index is -0.557. The molecule has 3 fully saturated rings. The minimum absolute atomic E-state index is 0.0127. The van der Waals surface area contributed by atoms with Crippen LogP contribution in [0.5, 0.6) is 0 Å². The molecule has 3 aliphatic rings. The fourth-order valence-electron chi connectivity index (χ4n) is 6.49. The Labute approximate surface area is 190 Å². The number of nitrogens with zero attached hydrogens (tertiary/aromatic N) is 2. The van der Waals surface area contributed by atoms with Crippen molar-refractivity contribution < 1.29 is 19.4 Å². The highest BCUT2D eigenvalue weighted by Gasteiger charge is 2.54. The topological polar surface area (TPSA) is 91.8 Å². The Kier molecular flexibility index (Phi) is 6.86. The van der Waals surface area contributed by atoms with E-state index in [-0.39, 0.29) is 46.9 Å². The van der Waals surface area contributed by atoms with E-state index in [1.165, 1.54) is 0 Å². The monoisotopic (exact) mass is 443 g/mol. The Morgan fingerprint density at radius 2 is 1.97 bits per heavy atom. The van der Waals surface area contributed by atoms with E-state index in [4.69, 9.17) is 4.74 Å². The van der Waals surface area contributed by atoms with Crippen LogP contribution in [-0.2, 0) is 9.53 Å². The molecule has 1 aromatic heterocycles. The van der Waals surface area contributed by atoms with Crippen LogP contribution in [0, 0.1) is 29.1 Å². The van der Waals surface area contributed by atoms with Crippen LogP contribution in [0.3, 0.4) is 0 Å². The summed E-state index contributed by atoms with van der Waals surface area (Å²) in [5.41, 5.74) is 0.448. The van der Waals surface area contributed by atoms with Crippen LogP contribution in [0.25, 0.3) is 0 Å². The molecule has 2 saturated carbocycles. The number of rotatable bonds is 4. The summed E-state index contributed by atoms with van der Waals surface area (Å²) in [6.07, 6.45) is 4.79. The molecule has 7 nitrogen and oxygen atoms in total. The zero-order valence-corrected chi connectivity index (χ0v) is 19.5. The van der Waals surface area contributed by atoms with Crippen LogP contribution >= 0.6 is 0 Å². The van der Waals surface area contributed by atoms with Gasteiger partial charge in [0.15, 0.2) is 0 Å². The van der Waals surface area contributed by atoms with E-state index in [1.807, 2.05) is 17.9 Å². The van der Waals surface area contributed by atoms with Gasteiger partial charge in [-0.15, -0.1) is 0 Å². The molecule has 7 heteroatoms. The van der Waals surface area contributed by atoms with Gasteiger partial charge >= 0.3 is 0 Å². The quantitative estimate of drug-likeness (QED) is 0.746. The van der Waals surface area contributed by atoms with E-state index in [9.17, 15) is 14.7 Å². The number of ether oxygens (including phenoxy) is 1. The molecule has 1 aliphatic heterocycles. The molecule has 2 amide bonds. The Hall–Kier alpha value is -1.99. The fourth-order valence-corrected chi connectivity index (χ4v) is 6.49. The van der Waals surface area contributed by atoms with Gasteiger partial charge in [0.1, 0.15) is 5.69 Å². The number of hydrogen-bond donors (Lipinski definition) is 2. The van der Waals surface area contributed by atoms with Crippen molar-refractivity contribution in [3.8, 4) is 0 Å². The maximum atomic E-state index is 13.1. The highest BCUT2D eigenvalue weighted by Crippen LogP contribution is 2.55. The van der Waals surface area contributed by atoms with Crippen molar-refractivity contribution >= 4 is 11.8 Å². The Bertz CT molecular complexity index is 813. The van der Waals surface area contributed by atoms with Crippen molar-refractivity contribution in [1.29, 1.82) is 0 Å². The van der Waals surface area contributed by atoms with Gasteiger partial charge in [0.2, 0.25) is 5.91 Å². The lowest BCUT2D eigenvalue weighted by Gasteiger charge is -2.56. The van der Waals surface area contributed by atoms with E-state index in [2.05, 4.69) is 24.1 Å². The number of pyridine rings is 1. The second kappa shape index (κ2) is 9.48. The number of aromatic nitrogens is 1. The Balaban J connectivity index is 1.47. The highest BCUT2D eigenvalue weighted by molar-refractivity contribution is 5.92. The molecule has 2 heterocycles. The van der Waals surface area contributed by atoms with Crippen LogP contribution < -0.4 is 5.32 Å². The van der Waals surface area contributed by atoms with Gasteiger partial charge in [-0.3, -0.25) is 14.6 Å². The van der Waals surface area contributed by atoms with Crippen molar-refractivity contribution in [3.63, 3.8) is 0 Å². The fraction of sp³-hybridized carbons (Fsp3) is 0.720. The molecule has 2 N–H and O–H groups in total. The predicted molar refractivity (Wildman–Crippen MR) is 121 cm³/mol. The Morgan fingerprint density at radius 1 is 1.25 bits per heavy atom. The first-order valence-corrected chi connectivity index (χ1v) is 12.1. The van der Waals surface area contributed by atoms with Gasteiger partial charge in [-0.25, -0.2) is 0 Å². The van der Waals surface area contributed by atoms with Gasteiger partial charge in [0.05, 0.1) is 19.3 Å². The Morgan fingerprint density at radius 3 is 2.66 bits per heavy atom. The third-order valence-corrected chi connectivity index (χ3v) is 8.46. The number of aliphatic hydroxyl groups excluding tert-OH is 1. The summed E-state index contributed by atoms with van der Waals surface area (Å²) in [5.74, 6) is -0.151. The van der Waals surface area contributed by atoms with Gasteiger partial charge in [-0.1, -0.05) is 26.8 Å². The van der Waals surface area contributed by atoms with Crippen LogP contribution in [0.1, 0.15) is 56.9 Å². The molecule has 4 rings (SSSR count). The third kappa shape index (κ3) is 4.42. The number of amides is 2. The minimum Gasteiger partial charge on any atom is -0.392 e. The first-order valence-electron chi connectivity index (χ1n) is 12.1. The molecule has 0 unspecified atom stereocenters. The van der Waals surface area contributed by atoms with E-state index in [0.717, 1.165) is 25.7 Å². The zero-order valence-electron chi connectivity index (χ0n) is 19.5. The lowest BCUT2D eigenvalue weighted by molar-refractivity contribution is -0.153. The molecule has 0 spiro atoms. The van der Waals surface area contributed by atoms with Crippen molar-refractivity contribution in [2.24, 2.45) is 29.1 Å². The van der Waals surface area contributed by atoms with Gasteiger partial charge in [-0.2, -0.15) is 0 Å². The summed E-state index contributed by atoms with van der Waals surface area (Å²) in [4.78, 5) is 31.9. The molecular formula is C25H37N3O4. The summed E-state index contributed by atoms with van der Waals surface area (Å²) in [6, 6.07) is 5.31. The van der Waals surface area contributed by atoms with E-state index < -0.39 is 6.10 Å². The van der Waals surface area contributed by atoms with Crippen molar-refractivity contribution in [2.45, 2.75) is 58.6 Å². The average Bonchev–Trinajstić information content (AvgIpc) is 2.81. The van der Waals surface area contributed by atoms with Crippen molar-refractivity contribution in [3.05, 3.63) is 30.1 Å². The first kappa shape index (κ1) is 23.2. The van der Waals surface area contributed by atoms with Crippen LogP contribution in [0.15, 0.2) is 24.4 Å². The number of hydrogen-bond acceptors (Lipinski definition) is 5. The molecule has 1 aromatic rings. The molecule has 2 aliphatic carbocycles. The summed E-state index contributed by atoms with van der Waals surface area (Å²) in [5, 5.41) is 14.7. The smallest absolute Gasteiger partial charge is 0.270 e. The largest absolute Gasteiger partial charge is 0.392 e. The third-order valence-electron chi connectivity index (χ3n) is 8.46. The number of aliphatic hydroxyl groups is 1. The normalized spacial score (nSPS) is 36.1. The van der Waals surface area contributed by atoms with Gasteiger partial charge < -0.3 is 20.1 Å². The van der Waals surface area contributed by atoms with E-state index >= 15 is 0 Å². The highest BCUT2D eigenvalue weighted by atomic mass is 16.5. The van der Waals surface area contributed by atoms with E-state index in [1.54, 1.807) is 18.3 Å². The number of carbonyl (C=O) groups excluding carboxylic acids is 2. The summed E-state index contributed by atoms with van der Waals surface area (Å²) in [6.45, 7) is 8.82. The number of morpholine rings is 1. The molecule has 0 radical (unpaired) electrons. The van der Waals surface area contributed by atoms with Gasteiger partial charge in [0, 0.05) is 31.2 Å². The molecule has 7 atom stereocenters. The molecule has 176 valence electrons. The van der Waals surface area contributed by atoms with Crippen LogP contribution in [0.2, 0.25) is 0 Å². The molecule has 0 aromatic carbocycles. The predicted octanol–water partition coefficient (Wildman–Crippen LogP) is 2.50. The molecular weight excluding hydrogens is 406 g/mol. The number of nitrogens with one attached hydrogen (secondary N) is 1. The average molecular weight is 444 g/mol. The first-order chi connectivity index (χ1) is 15.3. The zero-order chi connectivity index (χ0) is 22.9. The number of carbonyl (C=O) groups is 2. The van der Waals surface area contributed by atoms with E-state index in [0.29, 0.717) is 32.0 Å². The van der Waals surface area contributed by atoms with Gasteiger partial charge in [0.25, 0.3) is 5.91 Å². The summed E-state index contributed by atoms with van der Waals surface area (Å²) in [7, 11) is 0. The molecule has 32 heavy (non-hydrogen) atoms. The molecule has 0 bridgehead atoms. The second-order valence-electron chi connectivity index (χ2n) is 10.3. The van der Waals surface area contributed by atoms with Crippen LogP contribution in [0.4, 0.5) is 0 Å². The lowest BCUT2D eigenvalue weighted by Crippen LogP contribution is -2.59. The second-order valence-corrected chi connectivity index (χ2v) is 10.3. The molecule has 1 saturated heterocycles. The standard InChI is InChI=1S/C25H37N3O4/c1-16(24(31)28-12-14-32-15-13-28)18-7-9-25(3)10-8-19(17(2)21(25)22(18)29)27-23(30)20-6-4-5-11-26-20/h4-6,11,16-19,21-22,29H,7-10,12-15H2,1-3H3,(H,27,30)/t16-,17-,18+,19-,21+,22-,25+/m0/s1. The maximum Gasteiger partial charge on any atom is 0.270 e.